The highest BCUT2D eigenvalue weighted by Gasteiger charge is 2.13. The summed E-state index contributed by atoms with van der Waals surface area (Å²) in [6.07, 6.45) is 1.52. The van der Waals surface area contributed by atoms with Gasteiger partial charge in [-0.15, -0.1) is 0 Å². The smallest absolute Gasteiger partial charge is 0.259 e. The zero-order chi connectivity index (χ0) is 21.8. The molecule has 9 heteroatoms. The van der Waals surface area contributed by atoms with Crippen LogP contribution in [0.25, 0.3) is 22.8 Å². The molecule has 0 fully saturated rings. The number of rotatable bonds is 6. The second-order valence-electron chi connectivity index (χ2n) is 6.69. The van der Waals surface area contributed by atoms with Crippen molar-refractivity contribution in [2.75, 3.05) is 0 Å². The minimum Gasteiger partial charge on any atom is -0.350 e. The van der Waals surface area contributed by atoms with E-state index >= 15 is 0 Å². The number of hydrogen-bond acceptors (Lipinski definition) is 5. The van der Waals surface area contributed by atoms with Crippen molar-refractivity contribution in [1.29, 1.82) is 0 Å². The minimum atomic E-state index is -0.320. The van der Waals surface area contributed by atoms with Gasteiger partial charge in [0.1, 0.15) is 6.54 Å². The monoisotopic (exact) mass is 498 g/mol. The fourth-order valence-corrected chi connectivity index (χ4v) is 3.51. The number of benzene rings is 2. The van der Waals surface area contributed by atoms with E-state index in [0.717, 1.165) is 15.6 Å². The number of pyridine rings is 1. The van der Waals surface area contributed by atoms with Crippen LogP contribution in [0.3, 0.4) is 0 Å². The number of aromatic nitrogens is 3. The number of nitrogens with one attached hydrogen (secondary N) is 1. The van der Waals surface area contributed by atoms with Crippen LogP contribution in [0.15, 0.2) is 80.7 Å². The van der Waals surface area contributed by atoms with Gasteiger partial charge in [0.05, 0.1) is 5.56 Å². The van der Waals surface area contributed by atoms with Gasteiger partial charge in [0.15, 0.2) is 0 Å². The molecule has 0 radical (unpaired) electrons. The van der Waals surface area contributed by atoms with Crippen LogP contribution in [0, 0.1) is 0 Å². The molecule has 4 rings (SSSR count). The van der Waals surface area contributed by atoms with Gasteiger partial charge in [-0.2, -0.15) is 4.98 Å². The second kappa shape index (κ2) is 9.28. The van der Waals surface area contributed by atoms with Crippen molar-refractivity contribution in [2.24, 2.45) is 0 Å². The molecule has 0 bridgehead atoms. The number of carbonyl (C=O) groups is 1. The molecule has 0 spiro atoms. The first-order chi connectivity index (χ1) is 15.0. The molecule has 0 aliphatic carbocycles. The molecule has 0 aliphatic rings. The van der Waals surface area contributed by atoms with E-state index < -0.39 is 0 Å². The van der Waals surface area contributed by atoms with E-state index in [9.17, 15) is 9.59 Å². The highest BCUT2D eigenvalue weighted by molar-refractivity contribution is 9.10. The summed E-state index contributed by atoms with van der Waals surface area (Å²) < 4.78 is 7.54. The normalized spacial score (nSPS) is 10.8. The highest BCUT2D eigenvalue weighted by atomic mass is 79.9. The molecule has 0 saturated heterocycles. The van der Waals surface area contributed by atoms with Gasteiger partial charge in [-0.1, -0.05) is 63.0 Å². The van der Waals surface area contributed by atoms with Crippen LogP contribution in [0.4, 0.5) is 0 Å². The standard InChI is InChI=1S/C22H16BrClN4O3/c23-17-6-3-5-14(10-17)21-26-22(31-27-21)16-8-9-20(30)28(12-16)13-19(29)25-11-15-4-1-2-7-18(15)24/h1-10,12H,11,13H2,(H,25,29). The average Bonchev–Trinajstić information content (AvgIpc) is 3.25. The summed E-state index contributed by atoms with van der Waals surface area (Å²) in [7, 11) is 0. The van der Waals surface area contributed by atoms with E-state index in [1.165, 1.54) is 16.8 Å². The first-order valence-electron chi connectivity index (χ1n) is 9.30. The topological polar surface area (TPSA) is 90.0 Å². The molecule has 31 heavy (non-hydrogen) atoms. The molecule has 2 aromatic carbocycles. The molecule has 1 N–H and O–H groups in total. The van der Waals surface area contributed by atoms with E-state index in [2.05, 4.69) is 31.4 Å². The van der Waals surface area contributed by atoms with Crippen LogP contribution >= 0.6 is 27.5 Å². The summed E-state index contributed by atoms with van der Waals surface area (Å²) in [6, 6.07) is 17.7. The number of carbonyl (C=O) groups excluding carboxylic acids is 1. The largest absolute Gasteiger partial charge is 0.350 e. The molecule has 7 nitrogen and oxygen atoms in total. The van der Waals surface area contributed by atoms with Gasteiger partial charge in [-0.3, -0.25) is 9.59 Å². The Labute approximate surface area is 190 Å². The van der Waals surface area contributed by atoms with Crippen molar-refractivity contribution in [3.05, 3.63) is 92.3 Å². The first kappa shape index (κ1) is 21.0. The van der Waals surface area contributed by atoms with Crippen molar-refractivity contribution in [1.82, 2.24) is 20.0 Å². The quantitative estimate of drug-likeness (QED) is 0.427. The van der Waals surface area contributed by atoms with Gasteiger partial charge >= 0.3 is 0 Å². The van der Waals surface area contributed by atoms with Crippen LogP contribution in [-0.4, -0.2) is 20.6 Å². The lowest BCUT2D eigenvalue weighted by Gasteiger charge is -2.09. The van der Waals surface area contributed by atoms with Crippen LogP contribution in [0.2, 0.25) is 5.02 Å². The van der Waals surface area contributed by atoms with Gasteiger partial charge in [-0.25, -0.2) is 0 Å². The molecular weight excluding hydrogens is 484 g/mol. The first-order valence-corrected chi connectivity index (χ1v) is 10.5. The van der Waals surface area contributed by atoms with E-state index in [-0.39, 0.29) is 30.4 Å². The van der Waals surface area contributed by atoms with E-state index in [1.54, 1.807) is 12.1 Å². The Morgan fingerprint density at radius 2 is 1.94 bits per heavy atom. The zero-order valence-corrected chi connectivity index (χ0v) is 18.4. The summed E-state index contributed by atoms with van der Waals surface area (Å²) >= 11 is 9.52. The summed E-state index contributed by atoms with van der Waals surface area (Å²) in [4.78, 5) is 29.0. The Bertz CT molecular complexity index is 1300. The fourth-order valence-electron chi connectivity index (χ4n) is 2.91. The lowest BCUT2D eigenvalue weighted by molar-refractivity contribution is -0.121. The lowest BCUT2D eigenvalue weighted by Crippen LogP contribution is -2.31. The number of amides is 1. The third-order valence-electron chi connectivity index (χ3n) is 4.49. The Hall–Kier alpha value is -3.23. The fraction of sp³-hybridized carbons (Fsp3) is 0.0909. The van der Waals surface area contributed by atoms with Gasteiger partial charge in [0.25, 0.3) is 11.4 Å². The van der Waals surface area contributed by atoms with Crippen LogP contribution in [-0.2, 0) is 17.9 Å². The summed E-state index contributed by atoms with van der Waals surface area (Å²) in [6.45, 7) is 0.121. The Balaban J connectivity index is 1.49. The molecule has 156 valence electrons. The van der Waals surface area contributed by atoms with E-state index in [1.807, 2.05) is 42.5 Å². The van der Waals surface area contributed by atoms with Gasteiger partial charge in [-0.05, 0) is 29.8 Å². The predicted molar refractivity (Wildman–Crippen MR) is 120 cm³/mol. The van der Waals surface area contributed by atoms with E-state index in [4.69, 9.17) is 16.1 Å². The van der Waals surface area contributed by atoms with E-state index in [0.29, 0.717) is 16.4 Å². The van der Waals surface area contributed by atoms with Gasteiger partial charge in [0, 0.05) is 33.9 Å². The van der Waals surface area contributed by atoms with Crippen LogP contribution in [0.5, 0.6) is 0 Å². The molecule has 1 amide bonds. The predicted octanol–water partition coefficient (Wildman–Crippen LogP) is 4.30. The van der Waals surface area contributed by atoms with Gasteiger partial charge < -0.3 is 14.4 Å². The maximum atomic E-state index is 12.3. The second-order valence-corrected chi connectivity index (χ2v) is 8.01. The SMILES string of the molecule is O=C(Cn1cc(-c2nc(-c3cccc(Br)c3)no2)ccc1=O)NCc1ccccc1Cl. The number of halogens is 2. The summed E-state index contributed by atoms with van der Waals surface area (Å²) in [5, 5.41) is 7.34. The van der Waals surface area contributed by atoms with Crippen LogP contribution in [0.1, 0.15) is 5.56 Å². The maximum absolute atomic E-state index is 12.3. The third-order valence-corrected chi connectivity index (χ3v) is 5.35. The molecule has 2 aromatic heterocycles. The molecule has 2 heterocycles. The summed E-state index contributed by atoms with van der Waals surface area (Å²) in [5.74, 6) is 0.353. The molecule has 0 aliphatic heterocycles. The molecule has 0 atom stereocenters. The van der Waals surface area contributed by atoms with Gasteiger partial charge in [0.2, 0.25) is 11.7 Å². The Morgan fingerprint density at radius 3 is 2.74 bits per heavy atom. The van der Waals surface area contributed by atoms with Crippen molar-refractivity contribution < 1.29 is 9.32 Å². The molecule has 0 unspecified atom stereocenters. The zero-order valence-electron chi connectivity index (χ0n) is 16.1. The lowest BCUT2D eigenvalue weighted by atomic mass is 10.2. The minimum absolute atomic E-state index is 0.149. The third kappa shape index (κ3) is 5.10. The maximum Gasteiger partial charge on any atom is 0.259 e. The highest BCUT2D eigenvalue weighted by Crippen LogP contribution is 2.23. The van der Waals surface area contributed by atoms with Crippen molar-refractivity contribution in [3.63, 3.8) is 0 Å². The molecule has 4 aromatic rings. The Morgan fingerprint density at radius 1 is 1.10 bits per heavy atom. The summed E-state index contributed by atoms with van der Waals surface area (Å²) in [5.41, 5.74) is 1.80. The van der Waals surface area contributed by atoms with Crippen molar-refractivity contribution in [3.8, 4) is 22.8 Å². The number of nitrogens with zero attached hydrogens (tertiary/aromatic N) is 3. The number of hydrogen-bond donors (Lipinski definition) is 1. The molecular formula is C22H16BrClN4O3. The molecule has 0 saturated carbocycles. The van der Waals surface area contributed by atoms with Crippen molar-refractivity contribution >= 4 is 33.4 Å². The Kier molecular flexibility index (Phi) is 6.29. The van der Waals surface area contributed by atoms with Crippen LogP contribution < -0.4 is 10.9 Å². The average molecular weight is 500 g/mol. The van der Waals surface area contributed by atoms with Crippen molar-refractivity contribution in [2.45, 2.75) is 13.1 Å².